The molecule has 34 heavy (non-hydrogen) atoms. The third-order valence-electron chi connectivity index (χ3n) is 5.54. The Kier molecular flexibility index (Phi) is 5.51. The van der Waals surface area contributed by atoms with Crippen molar-refractivity contribution in [3.05, 3.63) is 107 Å². The van der Waals surface area contributed by atoms with Crippen LogP contribution < -0.4 is 10.2 Å². The van der Waals surface area contributed by atoms with E-state index in [1.54, 1.807) is 18.2 Å². The Balaban J connectivity index is 1.47. The second-order valence-corrected chi connectivity index (χ2v) is 8.19. The predicted octanol–water partition coefficient (Wildman–Crippen LogP) is 4.80. The summed E-state index contributed by atoms with van der Waals surface area (Å²) in [7, 11) is 0. The SMILES string of the molecule is O=C1NC(=S)N(c2ccccc2F)C(=O)/C1=C\c1ccc2c(ccn2Cc2cccc(F)c2)c1. The summed E-state index contributed by atoms with van der Waals surface area (Å²) in [5, 5.41) is 3.16. The van der Waals surface area contributed by atoms with Crippen molar-refractivity contribution >= 4 is 51.8 Å². The number of para-hydroxylation sites is 1. The second kappa shape index (κ2) is 8.64. The summed E-state index contributed by atoms with van der Waals surface area (Å²) in [6.45, 7) is 0.498. The van der Waals surface area contributed by atoms with E-state index in [1.807, 2.05) is 35.0 Å². The molecule has 1 fully saturated rings. The maximum absolute atomic E-state index is 14.3. The molecule has 1 N–H and O–H groups in total. The zero-order valence-electron chi connectivity index (χ0n) is 17.7. The van der Waals surface area contributed by atoms with E-state index in [-0.39, 0.29) is 22.2 Å². The van der Waals surface area contributed by atoms with Gasteiger partial charge in [0, 0.05) is 23.6 Å². The van der Waals surface area contributed by atoms with Gasteiger partial charge in [-0.25, -0.2) is 13.7 Å². The quantitative estimate of drug-likeness (QED) is 0.263. The molecule has 8 heteroatoms. The number of anilines is 1. The van der Waals surface area contributed by atoms with Gasteiger partial charge in [0.15, 0.2) is 5.11 Å². The highest BCUT2D eigenvalue weighted by Crippen LogP contribution is 2.26. The number of benzene rings is 3. The second-order valence-electron chi connectivity index (χ2n) is 7.80. The Morgan fingerprint density at radius 1 is 0.941 bits per heavy atom. The zero-order chi connectivity index (χ0) is 23.8. The molecular formula is C26H17F2N3O2S. The number of aromatic nitrogens is 1. The van der Waals surface area contributed by atoms with Gasteiger partial charge in [0.25, 0.3) is 11.8 Å². The predicted molar refractivity (Wildman–Crippen MR) is 130 cm³/mol. The van der Waals surface area contributed by atoms with Crippen LogP contribution in [0, 0.1) is 11.6 Å². The molecule has 0 saturated carbocycles. The summed E-state index contributed by atoms with van der Waals surface area (Å²) in [5.41, 5.74) is 2.18. The molecule has 0 radical (unpaired) electrons. The minimum atomic E-state index is -0.706. The van der Waals surface area contributed by atoms with E-state index < -0.39 is 17.6 Å². The average Bonchev–Trinajstić information content (AvgIpc) is 3.19. The lowest BCUT2D eigenvalue weighted by Gasteiger charge is -2.29. The maximum atomic E-state index is 14.3. The van der Waals surface area contributed by atoms with Crippen LogP contribution in [-0.2, 0) is 16.1 Å². The van der Waals surface area contributed by atoms with Crippen LogP contribution in [0.2, 0.25) is 0 Å². The van der Waals surface area contributed by atoms with Crippen LogP contribution in [0.4, 0.5) is 14.5 Å². The third kappa shape index (κ3) is 3.99. The van der Waals surface area contributed by atoms with Crippen LogP contribution in [0.5, 0.6) is 0 Å². The first-order chi connectivity index (χ1) is 16.4. The van der Waals surface area contributed by atoms with E-state index in [9.17, 15) is 18.4 Å². The van der Waals surface area contributed by atoms with Crippen molar-refractivity contribution in [3.63, 3.8) is 0 Å². The number of hydrogen-bond acceptors (Lipinski definition) is 3. The fraction of sp³-hybridized carbons (Fsp3) is 0.0385. The number of amides is 2. The van der Waals surface area contributed by atoms with E-state index in [1.165, 1.54) is 36.4 Å². The average molecular weight is 474 g/mol. The number of nitrogens with one attached hydrogen (secondary N) is 1. The first-order valence-corrected chi connectivity index (χ1v) is 10.8. The van der Waals surface area contributed by atoms with Crippen LogP contribution >= 0.6 is 12.2 Å². The molecule has 1 aliphatic rings. The smallest absolute Gasteiger partial charge is 0.270 e. The molecule has 3 aromatic carbocycles. The summed E-state index contributed by atoms with van der Waals surface area (Å²) in [6.07, 6.45) is 3.35. The Labute approximate surface area is 198 Å². The molecule has 0 aliphatic carbocycles. The lowest BCUT2D eigenvalue weighted by atomic mass is 10.1. The number of rotatable bonds is 4. The van der Waals surface area contributed by atoms with Crippen LogP contribution in [-0.4, -0.2) is 21.5 Å². The van der Waals surface area contributed by atoms with Gasteiger partial charge in [-0.2, -0.15) is 0 Å². The van der Waals surface area contributed by atoms with Crippen LogP contribution in [0.1, 0.15) is 11.1 Å². The molecule has 5 nitrogen and oxygen atoms in total. The number of carbonyl (C=O) groups excluding carboxylic acids is 2. The molecule has 1 saturated heterocycles. The number of nitrogens with zero attached hydrogens (tertiary/aromatic N) is 2. The Morgan fingerprint density at radius 2 is 1.76 bits per heavy atom. The van der Waals surface area contributed by atoms with Crippen molar-refractivity contribution in [1.29, 1.82) is 0 Å². The Hall–Kier alpha value is -4.17. The van der Waals surface area contributed by atoms with Crippen molar-refractivity contribution in [2.45, 2.75) is 6.54 Å². The summed E-state index contributed by atoms with van der Waals surface area (Å²) in [5.74, 6) is -2.27. The van der Waals surface area contributed by atoms with Gasteiger partial charge >= 0.3 is 0 Å². The van der Waals surface area contributed by atoms with Gasteiger partial charge in [0.1, 0.15) is 17.2 Å². The summed E-state index contributed by atoms with van der Waals surface area (Å²) in [4.78, 5) is 26.6. The number of carbonyl (C=O) groups is 2. The number of fused-ring (bicyclic) bond motifs is 1. The van der Waals surface area contributed by atoms with E-state index in [0.29, 0.717) is 12.1 Å². The van der Waals surface area contributed by atoms with Gasteiger partial charge in [0.05, 0.1) is 5.69 Å². The molecule has 168 valence electrons. The van der Waals surface area contributed by atoms with Gasteiger partial charge in [-0.3, -0.25) is 14.9 Å². The van der Waals surface area contributed by atoms with E-state index in [0.717, 1.165) is 21.4 Å². The molecule has 0 bridgehead atoms. The van der Waals surface area contributed by atoms with E-state index in [2.05, 4.69) is 5.32 Å². The maximum Gasteiger partial charge on any atom is 0.270 e. The van der Waals surface area contributed by atoms with Gasteiger partial charge in [-0.15, -0.1) is 0 Å². The van der Waals surface area contributed by atoms with Crippen molar-refractivity contribution < 1.29 is 18.4 Å². The van der Waals surface area contributed by atoms with Crippen molar-refractivity contribution in [3.8, 4) is 0 Å². The lowest BCUT2D eigenvalue weighted by Crippen LogP contribution is -2.54. The molecule has 5 rings (SSSR count). The monoisotopic (exact) mass is 473 g/mol. The molecule has 2 amide bonds. The topological polar surface area (TPSA) is 54.3 Å². The fourth-order valence-corrected chi connectivity index (χ4v) is 4.23. The van der Waals surface area contributed by atoms with Gasteiger partial charge in [-0.1, -0.05) is 30.3 Å². The minimum absolute atomic E-state index is 0.0340. The molecule has 0 atom stereocenters. The molecular weight excluding hydrogens is 456 g/mol. The highest BCUT2D eigenvalue weighted by Gasteiger charge is 2.35. The molecule has 0 unspecified atom stereocenters. The van der Waals surface area contributed by atoms with E-state index in [4.69, 9.17) is 12.2 Å². The van der Waals surface area contributed by atoms with Gasteiger partial charge < -0.3 is 4.57 Å². The Bertz CT molecular complexity index is 1510. The highest BCUT2D eigenvalue weighted by atomic mass is 32.1. The highest BCUT2D eigenvalue weighted by molar-refractivity contribution is 7.80. The van der Waals surface area contributed by atoms with Crippen LogP contribution in [0.15, 0.2) is 84.6 Å². The van der Waals surface area contributed by atoms with Crippen molar-refractivity contribution in [1.82, 2.24) is 9.88 Å². The van der Waals surface area contributed by atoms with Crippen molar-refractivity contribution in [2.24, 2.45) is 0 Å². The molecule has 2 heterocycles. The van der Waals surface area contributed by atoms with Gasteiger partial charge in [0.2, 0.25) is 0 Å². The first-order valence-electron chi connectivity index (χ1n) is 10.4. The molecule has 1 aliphatic heterocycles. The first kappa shape index (κ1) is 21.7. The minimum Gasteiger partial charge on any atom is -0.343 e. The normalized spacial score (nSPS) is 15.3. The van der Waals surface area contributed by atoms with E-state index >= 15 is 0 Å². The molecule has 1 aromatic heterocycles. The zero-order valence-corrected chi connectivity index (χ0v) is 18.5. The van der Waals surface area contributed by atoms with Crippen molar-refractivity contribution in [2.75, 3.05) is 4.90 Å². The summed E-state index contributed by atoms with van der Waals surface area (Å²) in [6, 6.07) is 19.5. The number of hydrogen-bond donors (Lipinski definition) is 1. The summed E-state index contributed by atoms with van der Waals surface area (Å²) >= 11 is 5.12. The third-order valence-corrected chi connectivity index (χ3v) is 5.83. The van der Waals surface area contributed by atoms with Crippen LogP contribution in [0.3, 0.4) is 0 Å². The fourth-order valence-electron chi connectivity index (χ4n) is 3.95. The van der Waals surface area contributed by atoms with Crippen LogP contribution in [0.25, 0.3) is 17.0 Å². The lowest BCUT2D eigenvalue weighted by molar-refractivity contribution is -0.122. The number of thiocarbonyl (C=S) groups is 1. The largest absolute Gasteiger partial charge is 0.343 e. The number of halogens is 2. The standard InChI is InChI=1S/C26H17F2N3O2S/c27-19-5-3-4-17(13-19)15-30-11-10-18-12-16(8-9-22(18)30)14-20-24(32)29-26(34)31(25(20)33)23-7-2-1-6-21(23)28/h1-14H,15H2,(H,29,32,34)/b20-14-. The summed E-state index contributed by atoms with van der Waals surface area (Å²) < 4.78 is 29.8. The van der Waals surface area contributed by atoms with Gasteiger partial charge in [-0.05, 0) is 71.9 Å². The molecule has 0 spiro atoms. The molecule has 4 aromatic rings. The Morgan fingerprint density at radius 3 is 2.56 bits per heavy atom.